The second-order valence-electron chi connectivity index (χ2n) is 6.99. The van der Waals surface area contributed by atoms with E-state index in [2.05, 4.69) is 5.32 Å². The largest absolute Gasteiger partial charge is 0.381 e. The Labute approximate surface area is 156 Å². The van der Waals surface area contributed by atoms with Gasteiger partial charge in [0.05, 0.1) is 12.7 Å². The first-order valence-electron chi connectivity index (χ1n) is 9.04. The van der Waals surface area contributed by atoms with Crippen molar-refractivity contribution in [2.24, 2.45) is 5.73 Å². The Balaban J connectivity index is 0.00000225. The summed E-state index contributed by atoms with van der Waals surface area (Å²) in [5, 5.41) is 2.96. The summed E-state index contributed by atoms with van der Waals surface area (Å²) in [5.41, 5.74) is 7.26. The van der Waals surface area contributed by atoms with Gasteiger partial charge in [0.2, 0.25) is 5.91 Å². The second kappa shape index (κ2) is 9.53. The summed E-state index contributed by atoms with van der Waals surface area (Å²) >= 11 is 0. The first-order valence-corrected chi connectivity index (χ1v) is 9.04. The fourth-order valence-electron chi connectivity index (χ4n) is 3.40. The Kier molecular flexibility index (Phi) is 7.69. The fraction of sp³-hybridized carbons (Fsp3) is 0.632. The van der Waals surface area contributed by atoms with Crippen LogP contribution in [0.25, 0.3) is 0 Å². The highest BCUT2D eigenvalue weighted by Crippen LogP contribution is 2.23. The van der Waals surface area contributed by atoms with Crippen LogP contribution in [0.5, 0.6) is 0 Å². The van der Waals surface area contributed by atoms with Crippen molar-refractivity contribution < 1.29 is 14.3 Å². The number of carbonyl (C=O) groups is 1. The summed E-state index contributed by atoms with van der Waals surface area (Å²) in [6.07, 6.45) is 7.68. The van der Waals surface area contributed by atoms with Crippen molar-refractivity contribution in [1.29, 1.82) is 0 Å². The van der Waals surface area contributed by atoms with E-state index < -0.39 is 5.54 Å². The number of hydrogen-bond donors (Lipinski definition) is 2. The van der Waals surface area contributed by atoms with Crippen molar-refractivity contribution >= 4 is 24.0 Å². The zero-order chi connectivity index (χ0) is 16.8. The first-order chi connectivity index (χ1) is 11.7. The molecule has 2 aliphatic rings. The van der Waals surface area contributed by atoms with E-state index in [0.29, 0.717) is 38.8 Å². The molecule has 0 atom stereocenters. The van der Waals surface area contributed by atoms with Gasteiger partial charge >= 0.3 is 0 Å². The molecule has 140 valence electrons. The van der Waals surface area contributed by atoms with Gasteiger partial charge in [-0.15, -0.1) is 12.4 Å². The maximum atomic E-state index is 12.5. The van der Waals surface area contributed by atoms with Crippen molar-refractivity contribution in [3.8, 4) is 0 Å². The topological polar surface area (TPSA) is 73.6 Å². The molecule has 0 radical (unpaired) electrons. The maximum absolute atomic E-state index is 12.5. The molecule has 25 heavy (non-hydrogen) atoms. The summed E-state index contributed by atoms with van der Waals surface area (Å²) < 4.78 is 11.3. The Bertz CT molecular complexity index is 555. The number of nitrogens with two attached hydrogens (primary N) is 1. The van der Waals surface area contributed by atoms with Gasteiger partial charge in [0.15, 0.2) is 0 Å². The highest BCUT2D eigenvalue weighted by atomic mass is 35.5. The molecule has 1 amide bonds. The molecule has 0 unspecified atom stereocenters. The molecule has 6 heteroatoms. The van der Waals surface area contributed by atoms with Crippen molar-refractivity contribution in [2.75, 3.05) is 18.5 Å². The molecule has 1 aromatic rings. The Morgan fingerprint density at radius 2 is 1.96 bits per heavy atom. The Hall–Kier alpha value is -1.14. The SMILES string of the molecule is Cl.NC1(C(=O)Nc2cccc(COC3CCCCC3)c2)CCOCC1. The number of anilines is 1. The van der Waals surface area contributed by atoms with E-state index in [1.807, 2.05) is 24.3 Å². The number of carbonyl (C=O) groups excluding carboxylic acids is 1. The van der Waals surface area contributed by atoms with Crippen LogP contribution in [0.2, 0.25) is 0 Å². The first kappa shape index (κ1) is 20.2. The van der Waals surface area contributed by atoms with Gasteiger partial charge in [-0.3, -0.25) is 4.79 Å². The van der Waals surface area contributed by atoms with Crippen LogP contribution in [-0.2, 0) is 20.9 Å². The van der Waals surface area contributed by atoms with Crippen LogP contribution in [0.3, 0.4) is 0 Å². The number of ether oxygens (including phenoxy) is 2. The van der Waals surface area contributed by atoms with Gasteiger partial charge in [-0.1, -0.05) is 31.4 Å². The second-order valence-corrected chi connectivity index (χ2v) is 6.99. The molecule has 1 saturated heterocycles. The molecule has 1 aromatic carbocycles. The molecule has 5 nitrogen and oxygen atoms in total. The van der Waals surface area contributed by atoms with Crippen LogP contribution in [-0.4, -0.2) is 30.8 Å². The average molecular weight is 369 g/mol. The van der Waals surface area contributed by atoms with Crippen molar-refractivity contribution in [3.05, 3.63) is 29.8 Å². The van der Waals surface area contributed by atoms with Crippen molar-refractivity contribution in [2.45, 2.75) is 63.2 Å². The molecule has 1 aliphatic carbocycles. The van der Waals surface area contributed by atoms with Crippen molar-refractivity contribution in [3.63, 3.8) is 0 Å². The van der Waals surface area contributed by atoms with E-state index in [0.717, 1.165) is 24.1 Å². The van der Waals surface area contributed by atoms with Gasteiger partial charge in [-0.2, -0.15) is 0 Å². The van der Waals surface area contributed by atoms with Gasteiger partial charge in [-0.05, 0) is 43.4 Å². The molecule has 1 heterocycles. The normalized spacial score (nSPS) is 20.5. The summed E-state index contributed by atoms with van der Waals surface area (Å²) in [4.78, 5) is 12.5. The number of rotatable bonds is 5. The zero-order valence-corrected chi connectivity index (χ0v) is 15.5. The summed E-state index contributed by atoms with van der Waals surface area (Å²) in [7, 11) is 0. The molecule has 0 aromatic heterocycles. The number of benzene rings is 1. The minimum Gasteiger partial charge on any atom is -0.381 e. The van der Waals surface area contributed by atoms with E-state index in [1.54, 1.807) is 0 Å². The van der Waals surface area contributed by atoms with E-state index in [4.69, 9.17) is 15.2 Å². The summed E-state index contributed by atoms with van der Waals surface area (Å²) in [6.45, 7) is 1.67. The zero-order valence-electron chi connectivity index (χ0n) is 14.7. The summed E-state index contributed by atoms with van der Waals surface area (Å²) in [6, 6.07) is 7.85. The lowest BCUT2D eigenvalue weighted by molar-refractivity contribution is -0.124. The number of hydrogen-bond acceptors (Lipinski definition) is 4. The molecular weight excluding hydrogens is 340 g/mol. The minimum atomic E-state index is -0.827. The highest BCUT2D eigenvalue weighted by molar-refractivity contribution is 5.98. The number of halogens is 1. The van der Waals surface area contributed by atoms with Gasteiger partial charge in [-0.25, -0.2) is 0 Å². The highest BCUT2D eigenvalue weighted by Gasteiger charge is 2.35. The molecule has 1 aliphatic heterocycles. The average Bonchev–Trinajstić information content (AvgIpc) is 2.62. The van der Waals surface area contributed by atoms with E-state index in [9.17, 15) is 4.79 Å². The van der Waals surface area contributed by atoms with Crippen LogP contribution in [0, 0.1) is 0 Å². The van der Waals surface area contributed by atoms with Crippen LogP contribution in [0.4, 0.5) is 5.69 Å². The minimum absolute atomic E-state index is 0. The monoisotopic (exact) mass is 368 g/mol. The quantitative estimate of drug-likeness (QED) is 0.835. The standard InChI is InChI=1S/C19H28N2O3.ClH/c20-19(9-11-23-12-10-19)18(22)21-16-6-4-5-15(13-16)14-24-17-7-2-1-3-8-17;/h4-6,13,17H,1-3,7-12,14,20H2,(H,21,22);1H. The van der Waals surface area contributed by atoms with E-state index >= 15 is 0 Å². The lowest BCUT2D eigenvalue weighted by Crippen LogP contribution is -2.54. The molecule has 2 fully saturated rings. The molecule has 3 N–H and O–H groups in total. The predicted molar refractivity (Wildman–Crippen MR) is 101 cm³/mol. The van der Waals surface area contributed by atoms with Gasteiger partial charge in [0.25, 0.3) is 0 Å². The van der Waals surface area contributed by atoms with Crippen molar-refractivity contribution in [1.82, 2.24) is 0 Å². The maximum Gasteiger partial charge on any atom is 0.244 e. The van der Waals surface area contributed by atoms with Gasteiger partial charge in [0.1, 0.15) is 5.54 Å². The lowest BCUT2D eigenvalue weighted by atomic mass is 9.90. The Morgan fingerprint density at radius 1 is 1.24 bits per heavy atom. The lowest BCUT2D eigenvalue weighted by Gasteiger charge is -2.31. The fourth-order valence-corrected chi connectivity index (χ4v) is 3.40. The van der Waals surface area contributed by atoms with Crippen LogP contribution < -0.4 is 11.1 Å². The van der Waals surface area contributed by atoms with Gasteiger partial charge in [0, 0.05) is 18.9 Å². The van der Waals surface area contributed by atoms with Crippen LogP contribution >= 0.6 is 12.4 Å². The predicted octanol–water partition coefficient (Wildman–Crippen LogP) is 3.40. The summed E-state index contributed by atoms with van der Waals surface area (Å²) in [5.74, 6) is -0.129. The molecule has 3 rings (SSSR count). The third kappa shape index (κ3) is 5.68. The number of amides is 1. The molecule has 0 bridgehead atoms. The van der Waals surface area contributed by atoms with E-state index in [-0.39, 0.29) is 18.3 Å². The molecule has 1 saturated carbocycles. The van der Waals surface area contributed by atoms with Crippen LogP contribution in [0.1, 0.15) is 50.5 Å². The number of nitrogens with one attached hydrogen (secondary N) is 1. The van der Waals surface area contributed by atoms with Gasteiger partial charge < -0.3 is 20.5 Å². The third-order valence-electron chi connectivity index (χ3n) is 5.06. The van der Waals surface area contributed by atoms with E-state index in [1.165, 1.54) is 19.3 Å². The Morgan fingerprint density at radius 3 is 2.68 bits per heavy atom. The third-order valence-corrected chi connectivity index (χ3v) is 5.06. The smallest absolute Gasteiger partial charge is 0.244 e. The van der Waals surface area contributed by atoms with Crippen LogP contribution in [0.15, 0.2) is 24.3 Å². The molecular formula is C19H29ClN2O3. The molecule has 0 spiro atoms.